The number of aryl methyl sites for hydroxylation is 1. The van der Waals surface area contributed by atoms with Gasteiger partial charge in [-0.15, -0.1) is 0 Å². The molecule has 0 saturated carbocycles. The van der Waals surface area contributed by atoms with Gasteiger partial charge < -0.3 is 9.64 Å². The number of hydrogen-bond acceptors (Lipinski definition) is 3. The Hall–Kier alpha value is -1.53. The van der Waals surface area contributed by atoms with E-state index in [9.17, 15) is 5.26 Å². The van der Waals surface area contributed by atoms with Crippen LogP contribution in [-0.2, 0) is 6.42 Å². The summed E-state index contributed by atoms with van der Waals surface area (Å²) in [4.78, 5) is 2.11. The molecule has 104 valence electrons. The van der Waals surface area contributed by atoms with Gasteiger partial charge in [-0.25, -0.2) is 0 Å². The number of hydrogen-bond donors (Lipinski definition) is 0. The Balaban J connectivity index is 3.32. The van der Waals surface area contributed by atoms with Crippen molar-refractivity contribution in [2.75, 3.05) is 21.2 Å². The average molecular weight is 260 g/mol. The van der Waals surface area contributed by atoms with Crippen molar-refractivity contribution in [1.29, 1.82) is 5.26 Å². The maximum Gasteiger partial charge on any atom is 0.123 e. The third-order valence-electron chi connectivity index (χ3n) is 3.56. The molecule has 3 nitrogen and oxygen atoms in total. The van der Waals surface area contributed by atoms with Gasteiger partial charge in [-0.1, -0.05) is 26.0 Å². The first-order valence-electron chi connectivity index (χ1n) is 6.81. The first-order valence-corrected chi connectivity index (χ1v) is 6.81. The second kappa shape index (κ2) is 7.16. The minimum Gasteiger partial charge on any atom is -0.496 e. The number of methoxy groups -OCH3 is 1. The molecule has 1 aromatic rings. The summed E-state index contributed by atoms with van der Waals surface area (Å²) in [6, 6.07) is 8.75. The summed E-state index contributed by atoms with van der Waals surface area (Å²) in [5, 5.41) is 9.38. The zero-order valence-electron chi connectivity index (χ0n) is 12.6. The largest absolute Gasteiger partial charge is 0.496 e. The third kappa shape index (κ3) is 3.48. The highest BCUT2D eigenvalue weighted by molar-refractivity contribution is 5.40. The van der Waals surface area contributed by atoms with Crippen molar-refractivity contribution in [2.24, 2.45) is 5.92 Å². The molecule has 0 bridgehead atoms. The van der Waals surface area contributed by atoms with E-state index in [0.29, 0.717) is 0 Å². The van der Waals surface area contributed by atoms with Crippen LogP contribution in [0.1, 0.15) is 37.4 Å². The van der Waals surface area contributed by atoms with Crippen LogP contribution in [0.2, 0.25) is 0 Å². The van der Waals surface area contributed by atoms with Gasteiger partial charge in [0.05, 0.1) is 25.1 Å². The summed E-state index contributed by atoms with van der Waals surface area (Å²) in [5.41, 5.74) is 2.38. The minimum atomic E-state index is -0.0315. The van der Waals surface area contributed by atoms with E-state index in [1.165, 1.54) is 5.56 Å². The molecule has 0 aliphatic carbocycles. The van der Waals surface area contributed by atoms with Crippen LogP contribution in [0.5, 0.6) is 5.75 Å². The molecule has 2 atom stereocenters. The average Bonchev–Trinajstić information content (AvgIpc) is 2.43. The van der Waals surface area contributed by atoms with Crippen LogP contribution in [0.3, 0.4) is 0 Å². The van der Waals surface area contributed by atoms with Crippen molar-refractivity contribution in [3.63, 3.8) is 0 Å². The molecule has 1 rings (SSSR count). The van der Waals surface area contributed by atoms with Crippen molar-refractivity contribution >= 4 is 0 Å². The molecule has 1 aromatic carbocycles. The zero-order chi connectivity index (χ0) is 14.4. The van der Waals surface area contributed by atoms with E-state index in [-0.39, 0.29) is 12.0 Å². The topological polar surface area (TPSA) is 36.3 Å². The van der Waals surface area contributed by atoms with Crippen LogP contribution in [0, 0.1) is 17.2 Å². The molecule has 0 heterocycles. The van der Waals surface area contributed by atoms with Gasteiger partial charge in [0.15, 0.2) is 0 Å². The standard InChI is InChI=1S/C16H24N2O/c1-6-12-8-9-15(19-5)14(10-12)16(18(3)4)13(7-2)11-17/h8-10,13,16H,6-7H2,1-5H3. The van der Waals surface area contributed by atoms with E-state index < -0.39 is 0 Å². The lowest BCUT2D eigenvalue weighted by atomic mass is 9.89. The monoisotopic (exact) mass is 260 g/mol. The zero-order valence-corrected chi connectivity index (χ0v) is 12.6. The highest BCUT2D eigenvalue weighted by Gasteiger charge is 2.26. The van der Waals surface area contributed by atoms with Crippen molar-refractivity contribution < 1.29 is 4.74 Å². The summed E-state index contributed by atoms with van der Waals surface area (Å²) < 4.78 is 5.48. The van der Waals surface area contributed by atoms with Gasteiger partial charge in [0.1, 0.15) is 5.75 Å². The fraction of sp³-hybridized carbons (Fsp3) is 0.562. The Kier molecular flexibility index (Phi) is 5.85. The molecule has 0 saturated heterocycles. The molecule has 0 radical (unpaired) electrons. The highest BCUT2D eigenvalue weighted by atomic mass is 16.5. The van der Waals surface area contributed by atoms with Gasteiger partial charge in [0, 0.05) is 5.56 Å². The molecule has 19 heavy (non-hydrogen) atoms. The minimum absolute atomic E-state index is 0.0315. The number of nitriles is 1. The Bertz CT molecular complexity index is 449. The Morgan fingerprint density at radius 1 is 1.32 bits per heavy atom. The second-order valence-electron chi connectivity index (χ2n) is 4.98. The summed E-state index contributed by atoms with van der Waals surface area (Å²) >= 11 is 0. The van der Waals surface area contributed by atoms with Crippen LogP contribution < -0.4 is 4.74 Å². The molecule has 0 spiro atoms. The fourth-order valence-corrected chi connectivity index (χ4v) is 2.47. The fourth-order valence-electron chi connectivity index (χ4n) is 2.47. The van der Waals surface area contributed by atoms with Crippen molar-refractivity contribution in [3.05, 3.63) is 29.3 Å². The van der Waals surface area contributed by atoms with Crippen molar-refractivity contribution in [3.8, 4) is 11.8 Å². The number of nitrogens with zero attached hydrogens (tertiary/aromatic N) is 2. The Morgan fingerprint density at radius 3 is 2.42 bits per heavy atom. The molecule has 0 aromatic heterocycles. The van der Waals surface area contributed by atoms with Gasteiger partial charge >= 0.3 is 0 Å². The maximum absolute atomic E-state index is 9.38. The lowest BCUT2D eigenvalue weighted by molar-refractivity contribution is 0.234. The van der Waals surface area contributed by atoms with Crippen molar-refractivity contribution in [1.82, 2.24) is 4.90 Å². The van der Waals surface area contributed by atoms with Crippen LogP contribution in [0.15, 0.2) is 18.2 Å². The second-order valence-corrected chi connectivity index (χ2v) is 4.98. The van der Waals surface area contributed by atoms with Crippen LogP contribution in [-0.4, -0.2) is 26.1 Å². The van der Waals surface area contributed by atoms with Gasteiger partial charge in [-0.3, -0.25) is 0 Å². The summed E-state index contributed by atoms with van der Waals surface area (Å²) in [5.74, 6) is 0.834. The maximum atomic E-state index is 9.38. The predicted molar refractivity (Wildman–Crippen MR) is 78.2 cm³/mol. The number of benzene rings is 1. The number of rotatable bonds is 6. The molecular formula is C16H24N2O. The molecule has 0 fully saturated rings. The Morgan fingerprint density at radius 2 is 2.00 bits per heavy atom. The molecular weight excluding hydrogens is 236 g/mol. The SMILES string of the molecule is CCc1ccc(OC)c(C(C(C#N)CC)N(C)C)c1. The van der Waals surface area contributed by atoms with E-state index in [1.54, 1.807) is 7.11 Å². The normalized spacial score (nSPS) is 13.9. The van der Waals surface area contributed by atoms with Crippen LogP contribution in [0.25, 0.3) is 0 Å². The molecule has 2 unspecified atom stereocenters. The summed E-state index contributed by atoms with van der Waals surface area (Å²) in [6.45, 7) is 4.19. The van der Waals surface area contributed by atoms with E-state index in [2.05, 4.69) is 36.9 Å². The van der Waals surface area contributed by atoms with Gasteiger partial charge in [-0.2, -0.15) is 5.26 Å². The highest BCUT2D eigenvalue weighted by Crippen LogP contribution is 2.35. The lowest BCUT2D eigenvalue weighted by Gasteiger charge is -2.29. The van der Waals surface area contributed by atoms with Crippen molar-refractivity contribution in [2.45, 2.75) is 32.7 Å². The Labute approximate surface area is 116 Å². The van der Waals surface area contributed by atoms with E-state index in [0.717, 1.165) is 24.2 Å². The van der Waals surface area contributed by atoms with Gasteiger partial charge in [0.25, 0.3) is 0 Å². The lowest BCUT2D eigenvalue weighted by Crippen LogP contribution is -2.27. The molecule has 3 heteroatoms. The molecule has 0 amide bonds. The molecule has 0 aliphatic rings. The summed E-state index contributed by atoms with van der Waals surface area (Å²) in [7, 11) is 5.72. The third-order valence-corrected chi connectivity index (χ3v) is 3.56. The predicted octanol–water partition coefficient (Wildman–Crippen LogP) is 3.41. The molecule has 0 N–H and O–H groups in total. The first kappa shape index (κ1) is 15.5. The quantitative estimate of drug-likeness (QED) is 0.786. The smallest absolute Gasteiger partial charge is 0.123 e. The summed E-state index contributed by atoms with van der Waals surface area (Å²) in [6.07, 6.45) is 1.82. The van der Waals surface area contributed by atoms with E-state index in [1.807, 2.05) is 20.2 Å². The number of ether oxygens (including phenoxy) is 1. The van der Waals surface area contributed by atoms with E-state index >= 15 is 0 Å². The van der Waals surface area contributed by atoms with E-state index in [4.69, 9.17) is 4.74 Å². The first-order chi connectivity index (χ1) is 9.08. The van der Waals surface area contributed by atoms with Crippen LogP contribution in [0.4, 0.5) is 0 Å². The van der Waals surface area contributed by atoms with Gasteiger partial charge in [0.2, 0.25) is 0 Å². The molecule has 0 aliphatic heterocycles. The van der Waals surface area contributed by atoms with Crippen LogP contribution >= 0.6 is 0 Å². The van der Waals surface area contributed by atoms with Gasteiger partial charge in [-0.05, 0) is 38.6 Å².